The number of nitrogens with zero attached hydrogens (tertiary/aromatic N) is 3. The van der Waals surface area contributed by atoms with Crippen molar-refractivity contribution in [2.24, 2.45) is 0 Å². The molecule has 2 heterocycles. The van der Waals surface area contributed by atoms with E-state index in [2.05, 4.69) is 15.1 Å². The van der Waals surface area contributed by atoms with Crippen LogP contribution >= 0.6 is 0 Å². The first-order valence-electron chi connectivity index (χ1n) is 6.77. The molecule has 0 saturated heterocycles. The van der Waals surface area contributed by atoms with Gasteiger partial charge in [-0.05, 0) is 37.1 Å². The fourth-order valence-corrected chi connectivity index (χ4v) is 2.18. The van der Waals surface area contributed by atoms with Gasteiger partial charge in [0.1, 0.15) is 11.4 Å². The molecule has 5 heteroatoms. The number of rotatable bonds is 3. The maximum atomic E-state index is 9.93. The summed E-state index contributed by atoms with van der Waals surface area (Å²) in [5.41, 5.74) is 3.30. The molecule has 1 aromatic carbocycles. The van der Waals surface area contributed by atoms with Crippen molar-refractivity contribution in [3.05, 3.63) is 47.7 Å². The molecule has 106 valence electrons. The van der Waals surface area contributed by atoms with Gasteiger partial charge in [0.25, 0.3) is 5.89 Å². The van der Waals surface area contributed by atoms with Gasteiger partial charge in [0.15, 0.2) is 0 Å². The van der Waals surface area contributed by atoms with Gasteiger partial charge in [-0.25, -0.2) is 0 Å². The molecule has 5 nitrogen and oxygen atoms in total. The van der Waals surface area contributed by atoms with Gasteiger partial charge in [-0.2, -0.15) is 4.98 Å². The van der Waals surface area contributed by atoms with Gasteiger partial charge in [0, 0.05) is 6.20 Å². The van der Waals surface area contributed by atoms with Crippen LogP contribution in [0.3, 0.4) is 0 Å². The molecule has 2 aromatic heterocycles. The summed E-state index contributed by atoms with van der Waals surface area (Å²) in [6.45, 7) is 3.99. The molecule has 1 N–H and O–H groups in total. The van der Waals surface area contributed by atoms with Crippen molar-refractivity contribution in [2.45, 2.75) is 20.3 Å². The van der Waals surface area contributed by atoms with Crippen molar-refractivity contribution >= 4 is 0 Å². The summed E-state index contributed by atoms with van der Waals surface area (Å²) in [6.07, 6.45) is 2.54. The molecule has 3 aromatic rings. The van der Waals surface area contributed by atoms with Crippen molar-refractivity contribution in [3.63, 3.8) is 0 Å². The number of pyridine rings is 1. The van der Waals surface area contributed by atoms with Gasteiger partial charge < -0.3 is 9.63 Å². The minimum absolute atomic E-state index is 0.118. The highest BCUT2D eigenvalue weighted by atomic mass is 16.5. The Hall–Kier alpha value is -2.69. The van der Waals surface area contributed by atoms with Gasteiger partial charge in [-0.1, -0.05) is 29.8 Å². The Morgan fingerprint density at radius 1 is 1.24 bits per heavy atom. The molecule has 0 spiro atoms. The first kappa shape index (κ1) is 13.3. The Bertz CT molecular complexity index is 781. The molecule has 0 unspecified atom stereocenters. The maximum Gasteiger partial charge on any atom is 0.262 e. The van der Waals surface area contributed by atoms with E-state index in [9.17, 15) is 5.11 Å². The third-order valence-electron chi connectivity index (χ3n) is 3.29. The second kappa shape index (κ2) is 5.36. The van der Waals surface area contributed by atoms with Crippen molar-refractivity contribution in [3.8, 4) is 28.7 Å². The second-order valence-electron chi connectivity index (χ2n) is 4.81. The van der Waals surface area contributed by atoms with Crippen LogP contribution in [0, 0.1) is 6.92 Å². The highest BCUT2D eigenvalue weighted by Crippen LogP contribution is 2.30. The van der Waals surface area contributed by atoms with Crippen molar-refractivity contribution in [1.82, 2.24) is 15.1 Å². The van der Waals surface area contributed by atoms with Crippen molar-refractivity contribution in [2.75, 3.05) is 0 Å². The third-order valence-corrected chi connectivity index (χ3v) is 3.29. The normalized spacial score (nSPS) is 10.8. The number of hydrogen-bond acceptors (Lipinski definition) is 5. The number of benzene rings is 1. The third kappa shape index (κ3) is 2.50. The molecule has 0 aliphatic rings. The van der Waals surface area contributed by atoms with Gasteiger partial charge in [-0.3, -0.25) is 4.98 Å². The largest absolute Gasteiger partial charge is 0.507 e. The predicted molar refractivity (Wildman–Crippen MR) is 78.7 cm³/mol. The zero-order chi connectivity index (χ0) is 14.8. The maximum absolute atomic E-state index is 9.93. The highest BCUT2D eigenvalue weighted by molar-refractivity contribution is 5.65. The van der Waals surface area contributed by atoms with Crippen LogP contribution in [0.1, 0.15) is 18.1 Å². The molecule has 0 aliphatic heterocycles. The van der Waals surface area contributed by atoms with Gasteiger partial charge in [0.2, 0.25) is 5.82 Å². The van der Waals surface area contributed by atoms with E-state index < -0.39 is 0 Å². The topological polar surface area (TPSA) is 72.0 Å². The van der Waals surface area contributed by atoms with Crippen LogP contribution in [-0.2, 0) is 6.42 Å². The van der Waals surface area contributed by atoms with Crippen LogP contribution in [0.5, 0.6) is 5.75 Å². The summed E-state index contributed by atoms with van der Waals surface area (Å²) in [5.74, 6) is 0.842. The van der Waals surface area contributed by atoms with E-state index in [0.717, 1.165) is 17.5 Å². The lowest BCUT2D eigenvalue weighted by Gasteiger charge is -2.01. The molecule has 0 saturated carbocycles. The second-order valence-corrected chi connectivity index (χ2v) is 4.81. The minimum Gasteiger partial charge on any atom is -0.507 e. The SMILES string of the molecule is CCc1cccnc1-c1noc(-c2cc(C)ccc2O)n1. The van der Waals surface area contributed by atoms with Crippen LogP contribution in [0.4, 0.5) is 0 Å². The Labute approximate surface area is 122 Å². The van der Waals surface area contributed by atoms with E-state index in [1.54, 1.807) is 12.3 Å². The quantitative estimate of drug-likeness (QED) is 0.796. The summed E-state index contributed by atoms with van der Waals surface area (Å²) >= 11 is 0. The number of aromatic hydroxyl groups is 1. The fraction of sp³-hybridized carbons (Fsp3) is 0.188. The average molecular weight is 281 g/mol. The van der Waals surface area contributed by atoms with Crippen LogP contribution in [0.2, 0.25) is 0 Å². The summed E-state index contributed by atoms with van der Waals surface area (Å²) in [5, 5.41) is 13.9. The predicted octanol–water partition coefficient (Wildman–Crippen LogP) is 3.38. The Morgan fingerprint density at radius 2 is 2.10 bits per heavy atom. The van der Waals surface area contributed by atoms with Crippen molar-refractivity contribution < 1.29 is 9.63 Å². The number of phenolic OH excluding ortho intramolecular Hbond substituents is 1. The van der Waals surface area contributed by atoms with Gasteiger partial charge >= 0.3 is 0 Å². The van der Waals surface area contributed by atoms with E-state index in [4.69, 9.17) is 4.52 Å². The van der Waals surface area contributed by atoms with Gasteiger partial charge in [-0.15, -0.1) is 0 Å². The van der Waals surface area contributed by atoms with E-state index in [-0.39, 0.29) is 5.75 Å². The number of aryl methyl sites for hydroxylation is 2. The van der Waals surface area contributed by atoms with E-state index in [0.29, 0.717) is 23.0 Å². The first-order chi connectivity index (χ1) is 10.2. The van der Waals surface area contributed by atoms with Crippen LogP contribution in [0.25, 0.3) is 23.0 Å². The molecule has 0 bridgehead atoms. The fourth-order valence-electron chi connectivity index (χ4n) is 2.18. The molecule has 0 amide bonds. The summed E-state index contributed by atoms with van der Waals surface area (Å²) in [7, 11) is 0. The van der Waals surface area contributed by atoms with E-state index in [1.807, 2.05) is 38.1 Å². The smallest absolute Gasteiger partial charge is 0.262 e. The molecule has 0 atom stereocenters. The zero-order valence-corrected chi connectivity index (χ0v) is 11.9. The number of aromatic nitrogens is 3. The molecule has 0 aliphatic carbocycles. The van der Waals surface area contributed by atoms with E-state index in [1.165, 1.54) is 0 Å². The van der Waals surface area contributed by atoms with Crippen molar-refractivity contribution in [1.29, 1.82) is 0 Å². The molecular formula is C16H15N3O2. The van der Waals surface area contributed by atoms with Crippen LogP contribution in [0.15, 0.2) is 41.1 Å². The Balaban J connectivity index is 2.06. The molecular weight excluding hydrogens is 266 g/mol. The van der Waals surface area contributed by atoms with E-state index >= 15 is 0 Å². The lowest BCUT2D eigenvalue weighted by Crippen LogP contribution is -1.92. The Kier molecular flexibility index (Phi) is 3.39. The van der Waals surface area contributed by atoms with Gasteiger partial charge in [0.05, 0.1) is 5.56 Å². The molecule has 21 heavy (non-hydrogen) atoms. The lowest BCUT2D eigenvalue weighted by molar-refractivity contribution is 0.425. The molecule has 3 rings (SSSR count). The standard InChI is InChI=1S/C16H15N3O2/c1-3-11-5-4-8-17-14(11)15-18-16(21-19-15)12-9-10(2)6-7-13(12)20/h4-9,20H,3H2,1-2H3. The summed E-state index contributed by atoms with van der Waals surface area (Å²) in [6, 6.07) is 9.13. The Morgan fingerprint density at radius 3 is 2.90 bits per heavy atom. The molecule has 0 fully saturated rings. The number of phenols is 1. The first-order valence-corrected chi connectivity index (χ1v) is 6.77. The van der Waals surface area contributed by atoms with Crippen LogP contribution < -0.4 is 0 Å². The monoisotopic (exact) mass is 281 g/mol. The average Bonchev–Trinajstić information content (AvgIpc) is 2.99. The number of hydrogen-bond donors (Lipinski definition) is 1. The minimum atomic E-state index is 0.118. The summed E-state index contributed by atoms with van der Waals surface area (Å²) < 4.78 is 5.28. The zero-order valence-electron chi connectivity index (χ0n) is 11.9. The summed E-state index contributed by atoms with van der Waals surface area (Å²) in [4.78, 5) is 8.68. The lowest BCUT2D eigenvalue weighted by atomic mass is 10.1. The highest BCUT2D eigenvalue weighted by Gasteiger charge is 2.16. The van der Waals surface area contributed by atoms with Crippen LogP contribution in [-0.4, -0.2) is 20.2 Å². The molecule has 0 radical (unpaired) electrons.